The van der Waals surface area contributed by atoms with Gasteiger partial charge in [-0.1, -0.05) is 18.2 Å². The largest absolute Gasteiger partial charge is 0.354 e. The molecular formula is C13H20N2O. The maximum absolute atomic E-state index is 11.5. The van der Waals surface area contributed by atoms with Crippen molar-refractivity contribution in [2.45, 2.75) is 33.2 Å². The van der Waals surface area contributed by atoms with Crippen LogP contribution in [0.25, 0.3) is 0 Å². The topological polar surface area (TPSA) is 55.1 Å². The number of benzene rings is 1. The summed E-state index contributed by atoms with van der Waals surface area (Å²) in [7, 11) is 0. The van der Waals surface area contributed by atoms with Crippen LogP contribution in [0.5, 0.6) is 0 Å². The van der Waals surface area contributed by atoms with Gasteiger partial charge in [0, 0.05) is 12.6 Å². The molecule has 0 heterocycles. The Balaban J connectivity index is 2.53. The van der Waals surface area contributed by atoms with Gasteiger partial charge in [0.05, 0.1) is 6.42 Å². The van der Waals surface area contributed by atoms with Crippen molar-refractivity contribution in [1.82, 2.24) is 5.32 Å². The van der Waals surface area contributed by atoms with Crippen LogP contribution in [0.3, 0.4) is 0 Å². The number of hydrogen-bond acceptors (Lipinski definition) is 2. The molecule has 0 fully saturated rings. The Bertz CT molecular complexity index is 372. The van der Waals surface area contributed by atoms with Crippen LogP contribution in [0.4, 0.5) is 0 Å². The first-order chi connectivity index (χ1) is 7.49. The lowest BCUT2D eigenvalue weighted by Gasteiger charge is -2.08. The molecule has 3 N–H and O–H groups in total. The maximum Gasteiger partial charge on any atom is 0.224 e. The van der Waals surface area contributed by atoms with E-state index in [9.17, 15) is 4.79 Å². The van der Waals surface area contributed by atoms with Crippen LogP contribution in [0, 0.1) is 13.8 Å². The third-order valence-electron chi connectivity index (χ3n) is 2.56. The van der Waals surface area contributed by atoms with Crippen LogP contribution in [-0.2, 0) is 11.2 Å². The van der Waals surface area contributed by atoms with Crippen LogP contribution in [-0.4, -0.2) is 18.5 Å². The number of carbonyl (C=O) groups is 1. The second kappa shape index (κ2) is 5.66. The molecule has 1 rings (SSSR count). The Kier molecular flexibility index (Phi) is 4.50. The number of rotatable bonds is 4. The number of hydrogen-bond donors (Lipinski definition) is 2. The second-order valence-electron chi connectivity index (χ2n) is 4.38. The summed E-state index contributed by atoms with van der Waals surface area (Å²) in [4.78, 5) is 11.5. The van der Waals surface area contributed by atoms with Gasteiger partial charge >= 0.3 is 0 Å². The minimum Gasteiger partial charge on any atom is -0.354 e. The predicted octanol–water partition coefficient (Wildman–Crippen LogP) is 1.31. The Morgan fingerprint density at radius 2 is 2.06 bits per heavy atom. The first-order valence-corrected chi connectivity index (χ1v) is 5.57. The molecule has 3 nitrogen and oxygen atoms in total. The van der Waals surface area contributed by atoms with Gasteiger partial charge in [-0.25, -0.2) is 0 Å². The van der Waals surface area contributed by atoms with Crippen molar-refractivity contribution in [3.8, 4) is 0 Å². The fourth-order valence-electron chi connectivity index (χ4n) is 1.44. The molecule has 0 saturated heterocycles. The molecule has 1 atom stereocenters. The third kappa shape index (κ3) is 4.03. The van der Waals surface area contributed by atoms with Crippen molar-refractivity contribution in [2.24, 2.45) is 5.73 Å². The summed E-state index contributed by atoms with van der Waals surface area (Å²) in [6.45, 7) is 6.52. The van der Waals surface area contributed by atoms with E-state index in [2.05, 4.69) is 25.2 Å². The molecule has 0 aliphatic carbocycles. The Hall–Kier alpha value is -1.35. The lowest BCUT2D eigenvalue weighted by Crippen LogP contribution is -2.35. The molecule has 1 aromatic carbocycles. The van der Waals surface area contributed by atoms with E-state index in [0.29, 0.717) is 13.0 Å². The van der Waals surface area contributed by atoms with E-state index >= 15 is 0 Å². The lowest BCUT2D eigenvalue weighted by molar-refractivity contribution is -0.120. The zero-order chi connectivity index (χ0) is 12.1. The van der Waals surface area contributed by atoms with Gasteiger partial charge in [-0.2, -0.15) is 0 Å². The van der Waals surface area contributed by atoms with Gasteiger partial charge in [-0.3, -0.25) is 4.79 Å². The monoisotopic (exact) mass is 220 g/mol. The molecule has 0 bridgehead atoms. The molecule has 0 aliphatic rings. The van der Waals surface area contributed by atoms with Crippen LogP contribution in [0.2, 0.25) is 0 Å². The molecule has 16 heavy (non-hydrogen) atoms. The highest BCUT2D eigenvalue weighted by Crippen LogP contribution is 2.10. The highest BCUT2D eigenvalue weighted by molar-refractivity contribution is 5.78. The molecule has 0 radical (unpaired) electrons. The van der Waals surface area contributed by atoms with Gasteiger partial charge in [0.25, 0.3) is 0 Å². The van der Waals surface area contributed by atoms with E-state index in [4.69, 9.17) is 5.73 Å². The molecule has 0 spiro atoms. The second-order valence-corrected chi connectivity index (χ2v) is 4.38. The predicted molar refractivity (Wildman–Crippen MR) is 66.3 cm³/mol. The van der Waals surface area contributed by atoms with E-state index in [0.717, 1.165) is 5.56 Å². The van der Waals surface area contributed by atoms with Crippen molar-refractivity contribution in [3.63, 3.8) is 0 Å². The van der Waals surface area contributed by atoms with Crippen molar-refractivity contribution >= 4 is 5.91 Å². The van der Waals surface area contributed by atoms with Crippen molar-refractivity contribution in [1.29, 1.82) is 0 Å². The standard InChI is InChI=1S/C13H20N2O/c1-9-4-5-12(6-10(9)2)7-13(16)15-8-11(3)14/h4-6,11H,7-8,14H2,1-3H3,(H,15,16). The van der Waals surface area contributed by atoms with Gasteiger partial charge in [-0.05, 0) is 37.5 Å². The van der Waals surface area contributed by atoms with E-state index in [1.54, 1.807) is 0 Å². The van der Waals surface area contributed by atoms with Crippen LogP contribution >= 0.6 is 0 Å². The van der Waals surface area contributed by atoms with Crippen LogP contribution in [0.1, 0.15) is 23.6 Å². The normalized spacial score (nSPS) is 12.2. The lowest BCUT2D eigenvalue weighted by atomic mass is 10.0. The molecular weight excluding hydrogens is 200 g/mol. The summed E-state index contributed by atoms with van der Waals surface area (Å²) in [6, 6.07) is 6.10. The minimum absolute atomic E-state index is 0.00343. The fourth-order valence-corrected chi connectivity index (χ4v) is 1.44. The van der Waals surface area contributed by atoms with Gasteiger partial charge in [0.1, 0.15) is 0 Å². The summed E-state index contributed by atoms with van der Waals surface area (Å²) in [5, 5.41) is 2.80. The zero-order valence-electron chi connectivity index (χ0n) is 10.2. The van der Waals surface area contributed by atoms with Crippen molar-refractivity contribution in [3.05, 3.63) is 34.9 Å². The van der Waals surface area contributed by atoms with Gasteiger partial charge < -0.3 is 11.1 Å². The zero-order valence-corrected chi connectivity index (χ0v) is 10.2. The molecule has 0 saturated carbocycles. The minimum atomic E-state index is 0.00343. The van der Waals surface area contributed by atoms with Gasteiger partial charge in [0.2, 0.25) is 5.91 Å². The van der Waals surface area contributed by atoms with E-state index < -0.39 is 0 Å². The SMILES string of the molecule is Cc1ccc(CC(=O)NCC(C)N)cc1C. The Morgan fingerprint density at radius 3 is 2.62 bits per heavy atom. The maximum atomic E-state index is 11.5. The summed E-state index contributed by atoms with van der Waals surface area (Å²) in [5.41, 5.74) is 9.08. The van der Waals surface area contributed by atoms with Gasteiger partial charge in [-0.15, -0.1) is 0 Å². The van der Waals surface area contributed by atoms with E-state index in [-0.39, 0.29) is 11.9 Å². The Morgan fingerprint density at radius 1 is 1.38 bits per heavy atom. The summed E-state index contributed by atoms with van der Waals surface area (Å²) >= 11 is 0. The fraction of sp³-hybridized carbons (Fsp3) is 0.462. The summed E-state index contributed by atoms with van der Waals surface area (Å²) in [6.07, 6.45) is 0.424. The first-order valence-electron chi connectivity index (χ1n) is 5.57. The first kappa shape index (κ1) is 12.7. The average molecular weight is 220 g/mol. The van der Waals surface area contributed by atoms with E-state index in [1.807, 2.05) is 19.1 Å². The quantitative estimate of drug-likeness (QED) is 0.804. The molecule has 3 heteroatoms. The number of amides is 1. The molecule has 1 amide bonds. The summed E-state index contributed by atoms with van der Waals surface area (Å²) in [5.74, 6) is 0.0283. The number of aryl methyl sites for hydroxylation is 2. The van der Waals surface area contributed by atoms with Crippen LogP contribution < -0.4 is 11.1 Å². The van der Waals surface area contributed by atoms with Crippen molar-refractivity contribution in [2.75, 3.05) is 6.54 Å². The summed E-state index contributed by atoms with van der Waals surface area (Å²) < 4.78 is 0. The van der Waals surface area contributed by atoms with Crippen molar-refractivity contribution < 1.29 is 4.79 Å². The number of nitrogens with one attached hydrogen (secondary N) is 1. The molecule has 1 unspecified atom stereocenters. The number of nitrogens with two attached hydrogens (primary N) is 1. The average Bonchev–Trinajstić information content (AvgIpc) is 2.21. The molecule has 0 aromatic heterocycles. The highest BCUT2D eigenvalue weighted by Gasteiger charge is 2.04. The third-order valence-corrected chi connectivity index (χ3v) is 2.56. The molecule has 0 aliphatic heterocycles. The van der Waals surface area contributed by atoms with Crippen LogP contribution in [0.15, 0.2) is 18.2 Å². The van der Waals surface area contributed by atoms with Gasteiger partial charge in [0.15, 0.2) is 0 Å². The molecule has 88 valence electrons. The number of carbonyl (C=O) groups excluding carboxylic acids is 1. The Labute approximate surface area is 97.0 Å². The highest BCUT2D eigenvalue weighted by atomic mass is 16.1. The smallest absolute Gasteiger partial charge is 0.224 e. The van der Waals surface area contributed by atoms with E-state index in [1.165, 1.54) is 11.1 Å². The molecule has 1 aromatic rings.